The van der Waals surface area contributed by atoms with Gasteiger partial charge in [0.1, 0.15) is 5.75 Å². The van der Waals surface area contributed by atoms with Gasteiger partial charge in [0, 0.05) is 5.69 Å². The summed E-state index contributed by atoms with van der Waals surface area (Å²) in [7, 11) is 0. The zero-order valence-electron chi connectivity index (χ0n) is 10.1. The smallest absolute Gasteiger partial charge is 0.265 e. The maximum atomic E-state index is 11.5. The number of carbonyl (C=O) groups excluding carboxylic acids is 2. The number of ether oxygens (including phenoxy) is 1. The number of carbonyl (C=O) groups is 2. The van der Waals surface area contributed by atoms with E-state index in [9.17, 15) is 9.59 Å². The normalized spacial score (nSPS) is 17.4. The molecule has 1 aliphatic rings. The van der Waals surface area contributed by atoms with E-state index in [0.717, 1.165) is 0 Å². The van der Waals surface area contributed by atoms with Crippen LogP contribution in [-0.4, -0.2) is 29.9 Å². The van der Waals surface area contributed by atoms with Crippen molar-refractivity contribution < 1.29 is 14.3 Å². The molecule has 18 heavy (non-hydrogen) atoms. The Morgan fingerprint density at radius 1 is 1.56 bits per heavy atom. The minimum atomic E-state index is -0.491. The fourth-order valence-corrected chi connectivity index (χ4v) is 1.95. The average Bonchev–Trinajstić information content (AvgIpc) is 2.31. The zero-order valence-corrected chi connectivity index (χ0v) is 11.0. The molecule has 1 aromatic carbocycles. The number of anilines is 2. The number of rotatable bonds is 3. The lowest BCUT2D eigenvalue weighted by Gasteiger charge is -2.23. The highest BCUT2D eigenvalue weighted by Gasteiger charge is 2.23. The van der Waals surface area contributed by atoms with Gasteiger partial charge in [-0.1, -0.05) is 0 Å². The van der Waals surface area contributed by atoms with Crippen molar-refractivity contribution in [3.63, 3.8) is 0 Å². The van der Waals surface area contributed by atoms with E-state index in [1.807, 2.05) is 6.26 Å². The van der Waals surface area contributed by atoms with Crippen molar-refractivity contribution in [1.82, 2.24) is 0 Å². The van der Waals surface area contributed by atoms with Crippen LogP contribution in [0.3, 0.4) is 0 Å². The summed E-state index contributed by atoms with van der Waals surface area (Å²) < 4.78 is 5.42. The Morgan fingerprint density at radius 3 is 3.06 bits per heavy atom. The lowest BCUT2D eigenvalue weighted by Crippen LogP contribution is -2.34. The molecule has 1 aliphatic heterocycles. The highest BCUT2D eigenvalue weighted by atomic mass is 32.2. The van der Waals surface area contributed by atoms with Crippen LogP contribution in [0, 0.1) is 0 Å². The molecule has 1 heterocycles. The van der Waals surface area contributed by atoms with Crippen molar-refractivity contribution in [2.24, 2.45) is 0 Å². The fraction of sp³-hybridized carbons (Fsp3) is 0.333. The van der Waals surface area contributed by atoms with Crippen LogP contribution in [0.5, 0.6) is 5.75 Å². The van der Waals surface area contributed by atoms with Crippen molar-refractivity contribution in [2.75, 3.05) is 22.6 Å². The Bertz CT molecular complexity index is 490. The van der Waals surface area contributed by atoms with Crippen LogP contribution in [0.15, 0.2) is 18.2 Å². The first-order valence-electron chi connectivity index (χ1n) is 5.50. The summed E-state index contributed by atoms with van der Waals surface area (Å²) in [5.74, 6) is 0.760. The van der Waals surface area contributed by atoms with Crippen LogP contribution in [0.1, 0.15) is 6.92 Å². The first-order valence-corrected chi connectivity index (χ1v) is 6.90. The molecule has 2 amide bonds. The first kappa shape index (κ1) is 12.8. The fourth-order valence-electron chi connectivity index (χ4n) is 1.61. The minimum Gasteiger partial charge on any atom is -0.479 e. The van der Waals surface area contributed by atoms with Gasteiger partial charge in [0.25, 0.3) is 5.91 Å². The summed E-state index contributed by atoms with van der Waals surface area (Å²) in [4.78, 5) is 22.9. The van der Waals surface area contributed by atoms with E-state index in [1.54, 1.807) is 25.1 Å². The van der Waals surface area contributed by atoms with Gasteiger partial charge in [-0.15, -0.1) is 0 Å². The number of hydrogen-bond donors (Lipinski definition) is 2. The molecule has 96 valence electrons. The molecule has 6 heteroatoms. The number of fused-ring (bicyclic) bond motifs is 1. The zero-order chi connectivity index (χ0) is 13.1. The Labute approximate surface area is 109 Å². The third-order valence-electron chi connectivity index (χ3n) is 2.47. The van der Waals surface area contributed by atoms with Gasteiger partial charge in [-0.3, -0.25) is 9.59 Å². The van der Waals surface area contributed by atoms with Gasteiger partial charge < -0.3 is 15.4 Å². The van der Waals surface area contributed by atoms with E-state index in [2.05, 4.69) is 10.6 Å². The summed E-state index contributed by atoms with van der Waals surface area (Å²) in [5.41, 5.74) is 1.23. The third kappa shape index (κ3) is 2.76. The highest BCUT2D eigenvalue weighted by molar-refractivity contribution is 7.99. The molecule has 0 spiro atoms. The molecule has 0 saturated carbocycles. The molecule has 0 radical (unpaired) electrons. The molecule has 0 aromatic heterocycles. The average molecular weight is 266 g/mol. The van der Waals surface area contributed by atoms with Crippen LogP contribution < -0.4 is 15.4 Å². The molecular formula is C12H14N2O3S. The monoisotopic (exact) mass is 266 g/mol. The number of thioether (sulfide) groups is 1. The van der Waals surface area contributed by atoms with Crippen molar-refractivity contribution in [3.05, 3.63) is 18.2 Å². The van der Waals surface area contributed by atoms with E-state index in [-0.39, 0.29) is 11.8 Å². The van der Waals surface area contributed by atoms with E-state index in [0.29, 0.717) is 22.9 Å². The first-order chi connectivity index (χ1) is 8.60. The van der Waals surface area contributed by atoms with E-state index in [1.165, 1.54) is 11.8 Å². The molecular weight excluding hydrogens is 252 g/mol. The van der Waals surface area contributed by atoms with Gasteiger partial charge in [0.15, 0.2) is 6.10 Å². The summed E-state index contributed by atoms with van der Waals surface area (Å²) in [6.45, 7) is 1.69. The van der Waals surface area contributed by atoms with Crippen LogP contribution >= 0.6 is 11.8 Å². The molecule has 1 aromatic rings. The second kappa shape index (κ2) is 5.30. The quantitative estimate of drug-likeness (QED) is 0.874. The van der Waals surface area contributed by atoms with Crippen LogP contribution in [0.4, 0.5) is 11.4 Å². The van der Waals surface area contributed by atoms with Gasteiger partial charge >= 0.3 is 0 Å². The molecule has 2 N–H and O–H groups in total. The number of amides is 2. The van der Waals surface area contributed by atoms with Gasteiger partial charge in [0.05, 0.1) is 11.4 Å². The van der Waals surface area contributed by atoms with Gasteiger partial charge in [-0.2, -0.15) is 11.8 Å². The molecule has 1 atom stereocenters. The summed E-state index contributed by atoms with van der Waals surface area (Å²) >= 11 is 1.45. The van der Waals surface area contributed by atoms with Crippen molar-refractivity contribution in [2.45, 2.75) is 13.0 Å². The van der Waals surface area contributed by atoms with Crippen molar-refractivity contribution in [3.8, 4) is 5.75 Å². The molecule has 0 fully saturated rings. The minimum absolute atomic E-state index is 0.0705. The van der Waals surface area contributed by atoms with Gasteiger partial charge in [-0.25, -0.2) is 0 Å². The second-order valence-electron chi connectivity index (χ2n) is 3.94. The molecule has 2 rings (SSSR count). The van der Waals surface area contributed by atoms with Gasteiger partial charge in [-0.05, 0) is 31.4 Å². The number of benzene rings is 1. The Balaban J connectivity index is 2.15. The van der Waals surface area contributed by atoms with E-state index in [4.69, 9.17) is 4.74 Å². The van der Waals surface area contributed by atoms with Gasteiger partial charge in [0.2, 0.25) is 5.91 Å². The topological polar surface area (TPSA) is 67.4 Å². The lowest BCUT2D eigenvalue weighted by molar-refractivity contribution is -0.122. The van der Waals surface area contributed by atoms with Crippen LogP contribution in [0.25, 0.3) is 0 Å². The second-order valence-corrected chi connectivity index (χ2v) is 4.81. The number of hydrogen-bond acceptors (Lipinski definition) is 4. The molecule has 0 bridgehead atoms. The third-order valence-corrected chi connectivity index (χ3v) is 3.02. The Kier molecular flexibility index (Phi) is 3.76. The summed E-state index contributed by atoms with van der Waals surface area (Å²) in [6, 6.07) is 5.18. The van der Waals surface area contributed by atoms with Crippen LogP contribution in [0.2, 0.25) is 0 Å². The summed E-state index contributed by atoms with van der Waals surface area (Å²) in [6.07, 6.45) is 1.37. The van der Waals surface area contributed by atoms with E-state index < -0.39 is 6.10 Å². The highest BCUT2D eigenvalue weighted by Crippen LogP contribution is 2.32. The SMILES string of the molecule is CSCC(=O)Nc1ccc2c(c1)NC(=O)[C@H](C)O2. The standard InChI is InChI=1S/C12H14N2O3S/c1-7-12(16)14-9-5-8(3-4-10(9)17-7)13-11(15)6-18-2/h3-5,7H,6H2,1-2H3,(H,13,15)(H,14,16)/t7-/m0/s1. The predicted octanol–water partition coefficient (Wildman–Crippen LogP) is 1.71. The maximum absolute atomic E-state index is 11.5. The lowest BCUT2D eigenvalue weighted by atomic mass is 10.2. The molecule has 0 saturated heterocycles. The number of nitrogens with one attached hydrogen (secondary N) is 2. The summed E-state index contributed by atoms with van der Waals surface area (Å²) in [5, 5.41) is 5.49. The molecule has 0 unspecified atom stereocenters. The Morgan fingerprint density at radius 2 is 2.33 bits per heavy atom. The van der Waals surface area contributed by atoms with Crippen LogP contribution in [-0.2, 0) is 9.59 Å². The van der Waals surface area contributed by atoms with E-state index >= 15 is 0 Å². The Hall–Kier alpha value is -1.69. The van der Waals surface area contributed by atoms with Crippen molar-refractivity contribution >= 4 is 35.0 Å². The van der Waals surface area contributed by atoms with Crippen molar-refractivity contribution in [1.29, 1.82) is 0 Å². The predicted molar refractivity (Wildman–Crippen MR) is 72.2 cm³/mol. The maximum Gasteiger partial charge on any atom is 0.265 e. The largest absolute Gasteiger partial charge is 0.479 e. The molecule has 5 nitrogen and oxygen atoms in total. The molecule has 0 aliphatic carbocycles.